The van der Waals surface area contributed by atoms with E-state index in [1.54, 1.807) is 18.3 Å². The van der Waals surface area contributed by atoms with Gasteiger partial charge in [-0.1, -0.05) is 6.92 Å². The summed E-state index contributed by atoms with van der Waals surface area (Å²) in [6.07, 6.45) is 1.59. The van der Waals surface area contributed by atoms with Crippen LogP contribution in [0.1, 0.15) is 24.3 Å². The van der Waals surface area contributed by atoms with E-state index in [-0.39, 0.29) is 11.9 Å². The minimum Gasteiger partial charge on any atom is -0.333 e. The van der Waals surface area contributed by atoms with Crippen molar-refractivity contribution in [3.63, 3.8) is 0 Å². The molecular formula is C12H18N4OS. The average Bonchev–Trinajstić information content (AvgIpc) is 2.41. The molecule has 2 atom stereocenters. The molecule has 0 aliphatic carbocycles. The summed E-state index contributed by atoms with van der Waals surface area (Å²) in [7, 11) is 0. The molecule has 2 heterocycles. The molecule has 1 saturated heterocycles. The molecule has 6 heteroatoms. The van der Waals surface area contributed by atoms with Crippen LogP contribution in [0.3, 0.4) is 0 Å². The second kappa shape index (κ2) is 5.58. The number of hydrogen-bond donors (Lipinski definition) is 2. The maximum Gasteiger partial charge on any atom is 0.272 e. The number of carbonyl (C=O) groups is 1. The molecule has 5 nitrogen and oxygen atoms in total. The molecule has 1 amide bonds. The second-order valence-corrected chi connectivity index (χ2v) is 5.87. The van der Waals surface area contributed by atoms with Crippen molar-refractivity contribution in [1.82, 2.24) is 9.88 Å². The lowest BCUT2D eigenvalue weighted by Gasteiger charge is -2.37. The first-order valence-electron chi connectivity index (χ1n) is 5.98. The van der Waals surface area contributed by atoms with Crippen molar-refractivity contribution in [3.05, 3.63) is 24.0 Å². The highest BCUT2D eigenvalue weighted by Gasteiger charge is 2.30. The fourth-order valence-corrected chi connectivity index (χ4v) is 3.10. The van der Waals surface area contributed by atoms with Crippen molar-refractivity contribution in [1.29, 1.82) is 0 Å². The van der Waals surface area contributed by atoms with Gasteiger partial charge in [0.05, 0.1) is 5.69 Å². The molecule has 98 valence electrons. The highest BCUT2D eigenvalue weighted by Crippen LogP contribution is 2.25. The summed E-state index contributed by atoms with van der Waals surface area (Å²) in [4.78, 5) is 18.4. The Labute approximate surface area is 111 Å². The Morgan fingerprint density at radius 2 is 2.39 bits per heavy atom. The molecule has 1 aliphatic heterocycles. The number of carbonyl (C=O) groups excluding carboxylic acids is 1. The molecule has 1 aromatic rings. The van der Waals surface area contributed by atoms with Gasteiger partial charge in [0.25, 0.3) is 5.91 Å². The van der Waals surface area contributed by atoms with Crippen LogP contribution in [0.2, 0.25) is 0 Å². The quantitative estimate of drug-likeness (QED) is 0.624. The SMILES string of the molecule is CC1SCCN(C(=O)c2cc(NN)ccn2)C1C. The van der Waals surface area contributed by atoms with Crippen molar-refractivity contribution in [2.24, 2.45) is 5.84 Å². The summed E-state index contributed by atoms with van der Waals surface area (Å²) in [5.41, 5.74) is 3.67. The molecule has 1 fully saturated rings. The van der Waals surface area contributed by atoms with Gasteiger partial charge in [0.15, 0.2) is 0 Å². The van der Waals surface area contributed by atoms with E-state index in [0.717, 1.165) is 12.3 Å². The third-order valence-electron chi connectivity index (χ3n) is 3.29. The number of nitrogens with two attached hydrogens (primary N) is 1. The Hall–Kier alpha value is -1.27. The Morgan fingerprint density at radius 3 is 3.11 bits per heavy atom. The molecule has 3 N–H and O–H groups in total. The van der Waals surface area contributed by atoms with E-state index in [2.05, 4.69) is 24.3 Å². The van der Waals surface area contributed by atoms with E-state index in [1.165, 1.54) is 0 Å². The van der Waals surface area contributed by atoms with Crippen LogP contribution < -0.4 is 11.3 Å². The van der Waals surface area contributed by atoms with Gasteiger partial charge in [0.2, 0.25) is 0 Å². The molecule has 0 bridgehead atoms. The molecule has 1 aliphatic rings. The molecule has 1 aromatic heterocycles. The van der Waals surface area contributed by atoms with Gasteiger partial charge in [-0.05, 0) is 19.1 Å². The molecule has 0 spiro atoms. The molecule has 18 heavy (non-hydrogen) atoms. The summed E-state index contributed by atoms with van der Waals surface area (Å²) >= 11 is 1.90. The Bertz CT molecular complexity index is 440. The lowest BCUT2D eigenvalue weighted by atomic mass is 10.2. The third-order valence-corrected chi connectivity index (χ3v) is 4.63. The van der Waals surface area contributed by atoms with Gasteiger partial charge in [-0.15, -0.1) is 0 Å². The smallest absolute Gasteiger partial charge is 0.272 e. The van der Waals surface area contributed by atoms with Gasteiger partial charge in [0, 0.05) is 29.8 Å². The van der Waals surface area contributed by atoms with Crippen LogP contribution in [-0.2, 0) is 0 Å². The van der Waals surface area contributed by atoms with Crippen LogP contribution in [0.5, 0.6) is 0 Å². The number of pyridine rings is 1. The van der Waals surface area contributed by atoms with E-state index < -0.39 is 0 Å². The Balaban J connectivity index is 2.19. The van der Waals surface area contributed by atoms with E-state index in [1.807, 2.05) is 16.7 Å². The Kier molecular flexibility index (Phi) is 4.08. The summed E-state index contributed by atoms with van der Waals surface area (Å²) in [5, 5.41) is 0.457. The zero-order chi connectivity index (χ0) is 13.1. The zero-order valence-electron chi connectivity index (χ0n) is 10.6. The fraction of sp³-hybridized carbons (Fsp3) is 0.500. The number of anilines is 1. The van der Waals surface area contributed by atoms with Gasteiger partial charge in [0.1, 0.15) is 5.69 Å². The van der Waals surface area contributed by atoms with E-state index in [0.29, 0.717) is 16.6 Å². The van der Waals surface area contributed by atoms with Crippen LogP contribution in [0, 0.1) is 0 Å². The predicted octanol–water partition coefficient (Wildman–Crippen LogP) is 1.33. The molecule has 2 unspecified atom stereocenters. The van der Waals surface area contributed by atoms with Crippen molar-refractivity contribution in [2.45, 2.75) is 25.1 Å². The lowest BCUT2D eigenvalue weighted by molar-refractivity contribution is 0.0692. The highest BCUT2D eigenvalue weighted by molar-refractivity contribution is 8.00. The normalized spacial score (nSPS) is 23.8. The molecule has 0 aromatic carbocycles. The third kappa shape index (κ3) is 2.59. The number of hydrogen-bond acceptors (Lipinski definition) is 5. The second-order valence-electron chi connectivity index (χ2n) is 4.39. The number of thioether (sulfide) groups is 1. The molecule has 0 radical (unpaired) electrons. The van der Waals surface area contributed by atoms with Crippen LogP contribution in [0.15, 0.2) is 18.3 Å². The van der Waals surface area contributed by atoms with E-state index >= 15 is 0 Å². The maximum absolute atomic E-state index is 12.4. The first-order valence-corrected chi connectivity index (χ1v) is 7.03. The standard InChI is InChI=1S/C12H18N4OS/c1-8-9(2)18-6-5-16(8)12(17)11-7-10(15-13)3-4-14-11/h3-4,7-9H,5-6,13H2,1-2H3,(H,14,15). The fourth-order valence-electron chi connectivity index (χ4n) is 2.00. The number of nitrogen functional groups attached to an aromatic ring is 1. The lowest BCUT2D eigenvalue weighted by Crippen LogP contribution is -2.48. The van der Waals surface area contributed by atoms with E-state index in [4.69, 9.17) is 5.84 Å². The van der Waals surface area contributed by atoms with Gasteiger partial charge in [-0.2, -0.15) is 11.8 Å². The average molecular weight is 266 g/mol. The van der Waals surface area contributed by atoms with Crippen LogP contribution >= 0.6 is 11.8 Å². The predicted molar refractivity (Wildman–Crippen MR) is 74.5 cm³/mol. The number of nitrogens with one attached hydrogen (secondary N) is 1. The molecular weight excluding hydrogens is 248 g/mol. The zero-order valence-corrected chi connectivity index (χ0v) is 11.4. The van der Waals surface area contributed by atoms with Gasteiger partial charge in [-0.25, -0.2) is 0 Å². The first-order chi connectivity index (χ1) is 8.63. The summed E-state index contributed by atoms with van der Waals surface area (Å²) < 4.78 is 0. The maximum atomic E-state index is 12.4. The Morgan fingerprint density at radius 1 is 1.61 bits per heavy atom. The minimum absolute atomic E-state index is 0.0215. The van der Waals surface area contributed by atoms with Gasteiger partial charge < -0.3 is 10.3 Å². The number of rotatable bonds is 2. The monoisotopic (exact) mass is 266 g/mol. The number of hydrazine groups is 1. The first kappa shape index (κ1) is 13.2. The summed E-state index contributed by atoms with van der Waals surface area (Å²) in [6, 6.07) is 3.64. The van der Waals surface area contributed by atoms with Crippen molar-refractivity contribution >= 4 is 23.4 Å². The minimum atomic E-state index is -0.0215. The van der Waals surface area contributed by atoms with Crippen molar-refractivity contribution in [2.75, 3.05) is 17.7 Å². The molecule has 2 rings (SSSR count). The molecule has 0 saturated carbocycles. The van der Waals surface area contributed by atoms with Crippen molar-refractivity contribution in [3.8, 4) is 0 Å². The largest absolute Gasteiger partial charge is 0.333 e. The van der Waals surface area contributed by atoms with Crippen LogP contribution in [0.25, 0.3) is 0 Å². The number of aromatic nitrogens is 1. The van der Waals surface area contributed by atoms with Crippen LogP contribution in [-0.4, -0.2) is 39.4 Å². The highest BCUT2D eigenvalue weighted by atomic mass is 32.2. The van der Waals surface area contributed by atoms with Gasteiger partial charge >= 0.3 is 0 Å². The topological polar surface area (TPSA) is 71.2 Å². The summed E-state index contributed by atoms with van der Waals surface area (Å²) in [6.45, 7) is 5.01. The number of amides is 1. The van der Waals surface area contributed by atoms with Crippen LogP contribution in [0.4, 0.5) is 5.69 Å². The van der Waals surface area contributed by atoms with Gasteiger partial charge in [-0.3, -0.25) is 15.6 Å². The number of nitrogens with zero attached hydrogens (tertiary/aromatic N) is 2. The van der Waals surface area contributed by atoms with Crippen molar-refractivity contribution < 1.29 is 4.79 Å². The van der Waals surface area contributed by atoms with E-state index in [9.17, 15) is 4.79 Å². The summed E-state index contributed by atoms with van der Waals surface area (Å²) in [5.74, 6) is 6.30.